The SMILES string of the molecule is CC(=O)c1ccc2c(c1)CC1(C2)NC(=O)NC1=O. The quantitative estimate of drug-likeness (QED) is 0.560. The minimum absolute atomic E-state index is 0.00124. The van der Waals surface area contributed by atoms with Crippen LogP contribution in [0.25, 0.3) is 0 Å². The molecule has 1 fully saturated rings. The zero-order valence-corrected chi connectivity index (χ0v) is 9.87. The van der Waals surface area contributed by atoms with Crippen LogP contribution < -0.4 is 10.6 Å². The molecule has 1 aromatic carbocycles. The van der Waals surface area contributed by atoms with Crippen molar-refractivity contribution < 1.29 is 14.4 Å². The van der Waals surface area contributed by atoms with Gasteiger partial charge < -0.3 is 5.32 Å². The number of hydrogen-bond acceptors (Lipinski definition) is 3. The number of carbonyl (C=O) groups excluding carboxylic acids is 3. The minimum Gasteiger partial charge on any atom is -0.323 e. The van der Waals surface area contributed by atoms with Gasteiger partial charge >= 0.3 is 6.03 Å². The van der Waals surface area contributed by atoms with Crippen LogP contribution in [0.1, 0.15) is 28.4 Å². The van der Waals surface area contributed by atoms with Gasteiger partial charge in [-0.05, 0) is 24.1 Å². The Morgan fingerprint density at radius 3 is 2.56 bits per heavy atom. The number of ketones is 1. The summed E-state index contributed by atoms with van der Waals surface area (Å²) in [4.78, 5) is 34.4. The van der Waals surface area contributed by atoms with Crippen molar-refractivity contribution in [1.82, 2.24) is 10.6 Å². The topological polar surface area (TPSA) is 75.3 Å². The van der Waals surface area contributed by atoms with Gasteiger partial charge in [0.1, 0.15) is 5.54 Å². The summed E-state index contributed by atoms with van der Waals surface area (Å²) in [5, 5.41) is 4.96. The second kappa shape index (κ2) is 3.41. The number of hydrogen-bond donors (Lipinski definition) is 2. The number of carbonyl (C=O) groups is 3. The summed E-state index contributed by atoms with van der Waals surface area (Å²) in [6.07, 6.45) is 0.930. The van der Waals surface area contributed by atoms with Crippen molar-refractivity contribution in [2.24, 2.45) is 0 Å². The first-order valence-corrected chi connectivity index (χ1v) is 5.76. The van der Waals surface area contributed by atoms with Crippen LogP contribution in [0.4, 0.5) is 4.79 Å². The van der Waals surface area contributed by atoms with Crippen molar-refractivity contribution in [2.75, 3.05) is 0 Å². The number of amides is 3. The van der Waals surface area contributed by atoms with E-state index in [-0.39, 0.29) is 11.7 Å². The third-order valence-electron chi connectivity index (χ3n) is 3.61. The fourth-order valence-corrected chi connectivity index (χ4v) is 2.67. The van der Waals surface area contributed by atoms with Gasteiger partial charge in [0.15, 0.2) is 5.78 Å². The number of benzene rings is 1. The van der Waals surface area contributed by atoms with Gasteiger partial charge in [0.05, 0.1) is 0 Å². The number of urea groups is 1. The molecule has 18 heavy (non-hydrogen) atoms. The van der Waals surface area contributed by atoms with E-state index in [2.05, 4.69) is 10.6 Å². The summed E-state index contributed by atoms with van der Waals surface area (Å²) in [6, 6.07) is 4.98. The van der Waals surface area contributed by atoms with E-state index in [1.165, 1.54) is 6.92 Å². The molecule has 5 heteroatoms. The molecule has 0 saturated carbocycles. The highest BCUT2D eigenvalue weighted by molar-refractivity contribution is 6.08. The van der Waals surface area contributed by atoms with Gasteiger partial charge in [0.25, 0.3) is 5.91 Å². The standard InChI is InChI=1S/C13H12N2O3/c1-7(16)8-2-3-9-5-13(6-10(9)4-8)11(17)14-12(18)15-13/h2-4H,5-6H2,1H3,(H2,14,15,17,18). The fraction of sp³-hybridized carbons (Fsp3) is 0.308. The number of Topliss-reactive ketones (excluding diaryl/α,β-unsaturated/α-hetero) is 1. The Bertz CT molecular complexity index is 594. The summed E-state index contributed by atoms with van der Waals surface area (Å²) < 4.78 is 0. The van der Waals surface area contributed by atoms with Gasteiger partial charge in [-0.3, -0.25) is 14.9 Å². The van der Waals surface area contributed by atoms with E-state index in [9.17, 15) is 14.4 Å². The molecule has 1 aliphatic heterocycles. The highest BCUT2D eigenvalue weighted by atomic mass is 16.2. The fourth-order valence-electron chi connectivity index (χ4n) is 2.67. The van der Waals surface area contributed by atoms with Crippen molar-refractivity contribution in [3.63, 3.8) is 0 Å². The van der Waals surface area contributed by atoms with E-state index < -0.39 is 11.6 Å². The summed E-state index contributed by atoms with van der Waals surface area (Å²) >= 11 is 0. The van der Waals surface area contributed by atoms with Crippen molar-refractivity contribution in [3.8, 4) is 0 Å². The molecule has 0 bridgehead atoms. The van der Waals surface area contributed by atoms with Crippen LogP contribution >= 0.6 is 0 Å². The lowest BCUT2D eigenvalue weighted by Gasteiger charge is -2.18. The normalized spacial score (nSPS) is 24.9. The lowest BCUT2D eigenvalue weighted by atomic mass is 9.96. The van der Waals surface area contributed by atoms with Crippen molar-refractivity contribution in [1.29, 1.82) is 0 Å². The zero-order chi connectivity index (χ0) is 12.9. The molecule has 5 nitrogen and oxygen atoms in total. The lowest BCUT2D eigenvalue weighted by Crippen LogP contribution is -2.47. The van der Waals surface area contributed by atoms with Gasteiger partial charge in [0, 0.05) is 18.4 Å². The minimum atomic E-state index is -0.852. The van der Waals surface area contributed by atoms with Crippen LogP contribution in [0.3, 0.4) is 0 Å². The molecule has 2 N–H and O–H groups in total. The van der Waals surface area contributed by atoms with Gasteiger partial charge in [-0.1, -0.05) is 12.1 Å². The van der Waals surface area contributed by atoms with Gasteiger partial charge in [0.2, 0.25) is 0 Å². The van der Waals surface area contributed by atoms with Crippen molar-refractivity contribution >= 4 is 17.7 Å². The molecule has 1 aromatic rings. The first kappa shape index (κ1) is 11.0. The largest absolute Gasteiger partial charge is 0.323 e. The second-order valence-corrected chi connectivity index (χ2v) is 4.88. The second-order valence-electron chi connectivity index (χ2n) is 4.88. The van der Waals surface area contributed by atoms with Crippen molar-refractivity contribution in [3.05, 3.63) is 34.9 Å². The predicted molar refractivity (Wildman–Crippen MR) is 63.3 cm³/mol. The molecule has 0 radical (unpaired) electrons. The molecule has 1 spiro atoms. The Morgan fingerprint density at radius 2 is 1.94 bits per heavy atom. The summed E-state index contributed by atoms with van der Waals surface area (Å²) in [5.74, 6) is -0.285. The maximum Gasteiger partial charge on any atom is 0.322 e. The first-order chi connectivity index (χ1) is 8.50. The third kappa shape index (κ3) is 1.44. The Labute approximate surface area is 104 Å². The van der Waals surface area contributed by atoms with E-state index in [0.717, 1.165) is 11.1 Å². The monoisotopic (exact) mass is 244 g/mol. The average Bonchev–Trinajstić information content (AvgIpc) is 2.78. The molecular formula is C13H12N2O3. The molecule has 1 heterocycles. The van der Waals surface area contributed by atoms with Crippen LogP contribution in [-0.2, 0) is 17.6 Å². The summed E-state index contributed by atoms with van der Waals surface area (Å²) in [5.41, 5.74) is 1.75. The predicted octanol–water partition coefficient (Wildman–Crippen LogP) is 0.566. The van der Waals surface area contributed by atoms with Crippen LogP contribution in [-0.4, -0.2) is 23.3 Å². The van der Waals surface area contributed by atoms with Crippen LogP contribution in [0.15, 0.2) is 18.2 Å². The number of fused-ring (bicyclic) bond motifs is 1. The zero-order valence-electron chi connectivity index (χ0n) is 9.87. The van der Waals surface area contributed by atoms with Crippen LogP contribution in [0.5, 0.6) is 0 Å². The summed E-state index contributed by atoms with van der Waals surface area (Å²) in [6.45, 7) is 1.51. The molecule has 92 valence electrons. The third-order valence-corrected chi connectivity index (χ3v) is 3.61. The van der Waals surface area contributed by atoms with E-state index in [4.69, 9.17) is 0 Å². The van der Waals surface area contributed by atoms with Crippen molar-refractivity contribution in [2.45, 2.75) is 25.3 Å². The van der Waals surface area contributed by atoms with Crippen LogP contribution in [0, 0.1) is 0 Å². The van der Waals surface area contributed by atoms with E-state index in [1.807, 2.05) is 12.1 Å². The van der Waals surface area contributed by atoms with E-state index >= 15 is 0 Å². The van der Waals surface area contributed by atoms with Gasteiger partial charge in [-0.2, -0.15) is 0 Å². The molecule has 1 aliphatic carbocycles. The highest BCUT2D eigenvalue weighted by Gasteiger charge is 2.49. The smallest absolute Gasteiger partial charge is 0.322 e. The molecule has 3 rings (SSSR count). The lowest BCUT2D eigenvalue weighted by molar-refractivity contribution is -0.123. The molecule has 0 aromatic heterocycles. The van der Waals surface area contributed by atoms with Gasteiger partial charge in [-0.25, -0.2) is 4.79 Å². The average molecular weight is 244 g/mol. The molecule has 1 saturated heterocycles. The molecule has 1 atom stereocenters. The first-order valence-electron chi connectivity index (χ1n) is 5.76. The molecule has 3 amide bonds. The van der Waals surface area contributed by atoms with Crippen LogP contribution in [0.2, 0.25) is 0 Å². The Kier molecular flexibility index (Phi) is 2.08. The maximum absolute atomic E-state index is 11.8. The molecular weight excluding hydrogens is 232 g/mol. The number of imide groups is 1. The Balaban J connectivity index is 1.98. The molecule has 1 unspecified atom stereocenters. The Hall–Kier alpha value is -2.17. The highest BCUT2D eigenvalue weighted by Crippen LogP contribution is 2.32. The van der Waals surface area contributed by atoms with E-state index in [0.29, 0.717) is 18.4 Å². The molecule has 2 aliphatic rings. The number of nitrogens with one attached hydrogen (secondary N) is 2. The van der Waals surface area contributed by atoms with E-state index in [1.54, 1.807) is 6.07 Å². The maximum atomic E-state index is 11.8. The van der Waals surface area contributed by atoms with Gasteiger partial charge in [-0.15, -0.1) is 0 Å². The summed E-state index contributed by atoms with van der Waals surface area (Å²) in [7, 11) is 0. The number of rotatable bonds is 1. The Morgan fingerprint density at radius 1 is 1.22 bits per heavy atom.